The van der Waals surface area contributed by atoms with Crippen molar-refractivity contribution in [2.24, 2.45) is 0 Å². The van der Waals surface area contributed by atoms with Gasteiger partial charge < -0.3 is 0 Å². The zero-order valence-electron chi connectivity index (χ0n) is 5.04. The minimum Gasteiger partial charge on any atom is -0.120 e. The Morgan fingerprint density at radius 3 is 1.90 bits per heavy atom. The molecule has 60 valence electrons. The maximum atomic E-state index is 5.65. The molecule has 5 heteroatoms. The van der Waals surface area contributed by atoms with E-state index in [0.717, 1.165) is 0 Å². The van der Waals surface area contributed by atoms with E-state index in [0.29, 0.717) is 0 Å². The number of rotatable bonds is 2. The Morgan fingerprint density at radius 1 is 1.40 bits per heavy atom. The van der Waals surface area contributed by atoms with Gasteiger partial charge in [0.1, 0.15) is 4.49 Å². The van der Waals surface area contributed by atoms with Gasteiger partial charge in [0.25, 0.3) is 0 Å². The summed E-state index contributed by atoms with van der Waals surface area (Å²) in [6.45, 7) is 1.65. The lowest BCUT2D eigenvalue weighted by Gasteiger charge is -2.16. The third-order valence-electron chi connectivity index (χ3n) is 0.832. The van der Waals surface area contributed by atoms with Crippen LogP contribution in [0.4, 0.5) is 0 Å². The minimum atomic E-state index is -1.19. The predicted octanol–water partition coefficient (Wildman–Crippen LogP) is 4.11. The second-order valence-electron chi connectivity index (χ2n) is 1.72. The lowest BCUT2D eigenvalue weighted by molar-refractivity contribution is 0.906. The molecule has 0 saturated heterocycles. The molecule has 0 fully saturated rings. The Morgan fingerprint density at radius 2 is 1.80 bits per heavy atom. The standard InChI is InChI=1S/C5H5Cl5/c1-3(6)5(9,10)2-4(7)8/h2-3H,1H3. The van der Waals surface area contributed by atoms with E-state index in [1.807, 2.05) is 0 Å². The Hall–Kier alpha value is 1.19. The smallest absolute Gasteiger partial charge is 0.120 e. The molecule has 0 N–H and O–H groups in total. The topological polar surface area (TPSA) is 0 Å². The summed E-state index contributed by atoms with van der Waals surface area (Å²) in [6, 6.07) is 0. The molecule has 0 aromatic rings. The van der Waals surface area contributed by atoms with Crippen molar-refractivity contribution in [3.05, 3.63) is 10.6 Å². The van der Waals surface area contributed by atoms with Gasteiger partial charge in [0.05, 0.1) is 5.38 Å². The Balaban J connectivity index is 4.27. The molecule has 0 spiro atoms. The van der Waals surface area contributed by atoms with Crippen molar-refractivity contribution in [2.45, 2.75) is 16.6 Å². The normalized spacial score (nSPS) is 14.6. The number of alkyl halides is 3. The van der Waals surface area contributed by atoms with Crippen LogP contribution in [0.3, 0.4) is 0 Å². The zero-order valence-corrected chi connectivity index (χ0v) is 8.82. The van der Waals surface area contributed by atoms with Crippen molar-refractivity contribution in [3.63, 3.8) is 0 Å². The van der Waals surface area contributed by atoms with Crippen LogP contribution in [0.15, 0.2) is 10.6 Å². The molecule has 0 heterocycles. The fourth-order valence-electron chi connectivity index (χ4n) is 0.260. The minimum absolute atomic E-state index is 0.0116. The average Bonchev–Trinajstić information content (AvgIpc) is 1.60. The summed E-state index contributed by atoms with van der Waals surface area (Å²) in [4.78, 5) is 0. The Kier molecular flexibility index (Phi) is 4.78. The van der Waals surface area contributed by atoms with Crippen LogP contribution in [0, 0.1) is 0 Å². The predicted molar refractivity (Wildman–Crippen MR) is 49.5 cm³/mol. The highest BCUT2D eigenvalue weighted by atomic mass is 35.5. The van der Waals surface area contributed by atoms with Gasteiger partial charge in [-0.15, -0.1) is 11.6 Å². The summed E-state index contributed by atoms with van der Waals surface area (Å²) in [7, 11) is 0. The van der Waals surface area contributed by atoms with Gasteiger partial charge in [0.2, 0.25) is 0 Å². The lowest BCUT2D eigenvalue weighted by atomic mass is 10.3. The largest absolute Gasteiger partial charge is 0.154 e. The van der Waals surface area contributed by atoms with Crippen LogP contribution in [-0.2, 0) is 0 Å². The maximum Gasteiger partial charge on any atom is 0.154 e. The van der Waals surface area contributed by atoms with Crippen molar-refractivity contribution in [2.75, 3.05) is 0 Å². The van der Waals surface area contributed by atoms with Gasteiger partial charge in [0, 0.05) is 0 Å². The summed E-state index contributed by atoms with van der Waals surface area (Å²) in [5.41, 5.74) is 0. The van der Waals surface area contributed by atoms with E-state index in [4.69, 9.17) is 58.0 Å². The molecule has 0 aliphatic carbocycles. The molecule has 0 aromatic carbocycles. The van der Waals surface area contributed by atoms with Gasteiger partial charge in [0.15, 0.2) is 4.33 Å². The van der Waals surface area contributed by atoms with E-state index >= 15 is 0 Å². The lowest BCUT2D eigenvalue weighted by Crippen LogP contribution is -2.20. The Labute approximate surface area is 85.0 Å². The summed E-state index contributed by atoms with van der Waals surface area (Å²) in [5.74, 6) is 0. The zero-order chi connectivity index (χ0) is 8.36. The van der Waals surface area contributed by atoms with Gasteiger partial charge in [-0.2, -0.15) is 0 Å². The van der Waals surface area contributed by atoms with Crippen LogP contribution >= 0.6 is 58.0 Å². The summed E-state index contributed by atoms with van der Waals surface area (Å²) in [5, 5.41) is -0.441. The van der Waals surface area contributed by atoms with Crippen LogP contribution in [0.25, 0.3) is 0 Å². The third kappa shape index (κ3) is 4.15. The quantitative estimate of drug-likeness (QED) is 0.639. The molecule has 0 radical (unpaired) electrons. The fourth-order valence-corrected chi connectivity index (χ4v) is 1.11. The molecule has 1 unspecified atom stereocenters. The molecule has 10 heavy (non-hydrogen) atoms. The second kappa shape index (κ2) is 4.27. The Bertz CT molecular complexity index is 133. The fraction of sp³-hybridized carbons (Fsp3) is 0.600. The van der Waals surface area contributed by atoms with Crippen LogP contribution < -0.4 is 0 Å². The van der Waals surface area contributed by atoms with E-state index in [2.05, 4.69) is 0 Å². The monoisotopic (exact) mass is 240 g/mol. The van der Waals surface area contributed by atoms with Gasteiger partial charge in [-0.3, -0.25) is 0 Å². The van der Waals surface area contributed by atoms with Crippen molar-refractivity contribution >= 4 is 58.0 Å². The molecule has 0 saturated carbocycles. The summed E-state index contributed by atoms with van der Waals surface area (Å²) in [6.07, 6.45) is 1.27. The molecule has 0 amide bonds. The molecule has 0 nitrogen and oxygen atoms in total. The van der Waals surface area contributed by atoms with Gasteiger partial charge in [-0.05, 0) is 13.0 Å². The molecule has 0 rings (SSSR count). The van der Waals surface area contributed by atoms with Crippen LogP contribution in [0.2, 0.25) is 0 Å². The van der Waals surface area contributed by atoms with E-state index < -0.39 is 9.71 Å². The first-order valence-corrected chi connectivity index (χ1v) is 4.37. The van der Waals surface area contributed by atoms with Crippen LogP contribution in [0.5, 0.6) is 0 Å². The highest BCUT2D eigenvalue weighted by Crippen LogP contribution is 2.33. The number of allylic oxidation sites excluding steroid dienone is 1. The second-order valence-corrected chi connectivity index (χ2v) is 4.83. The molecule has 1 atom stereocenters. The van der Waals surface area contributed by atoms with E-state index in [9.17, 15) is 0 Å². The van der Waals surface area contributed by atoms with E-state index in [-0.39, 0.29) is 4.49 Å². The van der Waals surface area contributed by atoms with Crippen molar-refractivity contribution in [1.82, 2.24) is 0 Å². The SMILES string of the molecule is CC(Cl)C(Cl)(Cl)C=C(Cl)Cl. The summed E-state index contributed by atoms with van der Waals surface area (Å²) < 4.78 is -1.18. The van der Waals surface area contributed by atoms with Crippen molar-refractivity contribution < 1.29 is 0 Å². The first kappa shape index (κ1) is 11.2. The molecule has 0 aliphatic heterocycles. The number of hydrogen-bond donors (Lipinski definition) is 0. The molecular formula is C5H5Cl5. The van der Waals surface area contributed by atoms with Crippen LogP contribution in [0.1, 0.15) is 6.92 Å². The maximum absolute atomic E-state index is 5.65. The molecule has 0 aromatic heterocycles. The van der Waals surface area contributed by atoms with Gasteiger partial charge in [-0.25, -0.2) is 0 Å². The highest BCUT2D eigenvalue weighted by molar-refractivity contribution is 6.59. The number of halogens is 5. The van der Waals surface area contributed by atoms with Crippen LogP contribution in [-0.4, -0.2) is 9.71 Å². The number of hydrogen-bond acceptors (Lipinski definition) is 0. The third-order valence-corrected chi connectivity index (χ3v) is 2.49. The molecule has 0 bridgehead atoms. The highest BCUT2D eigenvalue weighted by Gasteiger charge is 2.27. The van der Waals surface area contributed by atoms with Crippen molar-refractivity contribution in [1.29, 1.82) is 0 Å². The average molecular weight is 242 g/mol. The summed E-state index contributed by atoms with van der Waals surface area (Å²) >= 11 is 27.5. The molecule has 0 aliphatic rings. The van der Waals surface area contributed by atoms with Gasteiger partial charge in [-0.1, -0.05) is 46.4 Å². The first-order valence-electron chi connectivity index (χ1n) is 2.42. The van der Waals surface area contributed by atoms with Crippen molar-refractivity contribution in [3.8, 4) is 0 Å². The molecular weight excluding hydrogens is 237 g/mol. The van der Waals surface area contributed by atoms with E-state index in [1.54, 1.807) is 6.92 Å². The van der Waals surface area contributed by atoms with Gasteiger partial charge >= 0.3 is 0 Å². The first-order chi connectivity index (χ1) is 4.36. The van der Waals surface area contributed by atoms with E-state index in [1.165, 1.54) is 6.08 Å².